The summed E-state index contributed by atoms with van der Waals surface area (Å²) < 4.78 is 11.1. The van der Waals surface area contributed by atoms with Crippen LogP contribution in [0, 0.1) is 0 Å². The summed E-state index contributed by atoms with van der Waals surface area (Å²) in [6.45, 7) is 3.68. The van der Waals surface area contributed by atoms with Crippen molar-refractivity contribution in [3.05, 3.63) is 22.7 Å². The van der Waals surface area contributed by atoms with E-state index >= 15 is 0 Å². The first-order valence-corrected chi connectivity index (χ1v) is 8.00. The van der Waals surface area contributed by atoms with Gasteiger partial charge in [0.15, 0.2) is 18.1 Å². The minimum Gasteiger partial charge on any atom is -0.490 e. The molecule has 1 aliphatic heterocycles. The molecule has 122 valence electrons. The largest absolute Gasteiger partial charge is 0.490 e. The fourth-order valence-electron chi connectivity index (χ4n) is 2.48. The molecule has 5 nitrogen and oxygen atoms in total. The van der Waals surface area contributed by atoms with Crippen molar-refractivity contribution in [2.24, 2.45) is 0 Å². The molecule has 1 saturated heterocycles. The van der Waals surface area contributed by atoms with E-state index in [2.05, 4.69) is 0 Å². The number of halogens is 1. The van der Waals surface area contributed by atoms with Crippen LogP contribution >= 0.6 is 11.6 Å². The predicted octanol–water partition coefficient (Wildman–Crippen LogP) is 2.62. The zero-order valence-electron chi connectivity index (χ0n) is 12.8. The maximum absolute atomic E-state index is 12.2. The fourth-order valence-corrected chi connectivity index (χ4v) is 2.77. The number of carbonyl (C=O) groups is 1. The number of carbonyl (C=O) groups excluding carboxylic acids is 1. The number of likely N-dealkylation sites (tertiary alicyclic amines) is 1. The van der Waals surface area contributed by atoms with Crippen molar-refractivity contribution in [2.75, 3.05) is 26.3 Å². The highest BCUT2D eigenvalue weighted by atomic mass is 35.5. The Morgan fingerprint density at radius 2 is 2.00 bits per heavy atom. The van der Waals surface area contributed by atoms with Gasteiger partial charge in [-0.25, -0.2) is 0 Å². The monoisotopic (exact) mass is 327 g/mol. The molecule has 0 aromatic heterocycles. The van der Waals surface area contributed by atoms with Crippen molar-refractivity contribution in [1.29, 1.82) is 0 Å². The van der Waals surface area contributed by atoms with E-state index in [4.69, 9.17) is 21.1 Å². The third kappa shape index (κ3) is 4.27. The number of aliphatic hydroxyl groups excluding tert-OH is 1. The van der Waals surface area contributed by atoms with Gasteiger partial charge in [-0.3, -0.25) is 4.79 Å². The highest BCUT2D eigenvalue weighted by Gasteiger charge is 2.19. The first-order valence-electron chi connectivity index (χ1n) is 7.62. The van der Waals surface area contributed by atoms with Gasteiger partial charge in [0.2, 0.25) is 0 Å². The molecule has 0 radical (unpaired) electrons. The molecular formula is C16H22ClNO4. The number of hydrogen-bond acceptors (Lipinski definition) is 4. The van der Waals surface area contributed by atoms with Crippen LogP contribution in [-0.4, -0.2) is 42.2 Å². The quantitative estimate of drug-likeness (QED) is 0.872. The van der Waals surface area contributed by atoms with Gasteiger partial charge < -0.3 is 19.5 Å². The SMILES string of the molecule is CCOc1cc(CO)cc(Cl)c1OCC(=O)N1CCCCC1. The third-order valence-electron chi connectivity index (χ3n) is 3.60. The van der Waals surface area contributed by atoms with Crippen molar-refractivity contribution in [2.45, 2.75) is 32.8 Å². The Morgan fingerprint density at radius 3 is 2.64 bits per heavy atom. The van der Waals surface area contributed by atoms with Crippen LogP contribution < -0.4 is 9.47 Å². The maximum atomic E-state index is 12.2. The van der Waals surface area contributed by atoms with Crippen molar-refractivity contribution in [3.8, 4) is 11.5 Å². The van der Waals surface area contributed by atoms with E-state index in [9.17, 15) is 9.90 Å². The van der Waals surface area contributed by atoms with E-state index in [1.165, 1.54) is 6.42 Å². The van der Waals surface area contributed by atoms with Crippen molar-refractivity contribution in [1.82, 2.24) is 4.90 Å². The Kier molecular flexibility index (Phi) is 6.34. The van der Waals surface area contributed by atoms with Crippen LogP contribution in [0.5, 0.6) is 11.5 Å². The molecule has 1 fully saturated rings. The summed E-state index contributed by atoms with van der Waals surface area (Å²) in [4.78, 5) is 14.0. The Hall–Kier alpha value is -1.46. The second kappa shape index (κ2) is 8.25. The standard InChI is InChI=1S/C16H22ClNO4/c1-2-21-14-9-12(10-19)8-13(17)16(14)22-11-15(20)18-6-4-3-5-7-18/h8-9,19H,2-7,10-11H2,1H3. The van der Waals surface area contributed by atoms with Gasteiger partial charge in [0.05, 0.1) is 18.2 Å². The minimum absolute atomic E-state index is 0.0375. The van der Waals surface area contributed by atoms with Crippen molar-refractivity contribution >= 4 is 17.5 Å². The highest BCUT2D eigenvalue weighted by molar-refractivity contribution is 6.32. The molecule has 0 unspecified atom stereocenters. The fraction of sp³-hybridized carbons (Fsp3) is 0.562. The summed E-state index contributed by atoms with van der Waals surface area (Å²) in [6, 6.07) is 3.29. The van der Waals surface area contributed by atoms with Crippen molar-refractivity contribution in [3.63, 3.8) is 0 Å². The summed E-state index contributed by atoms with van der Waals surface area (Å²) in [7, 11) is 0. The van der Waals surface area contributed by atoms with Gasteiger partial charge in [-0.05, 0) is 43.9 Å². The molecule has 0 aliphatic carbocycles. The van der Waals surface area contributed by atoms with Crippen LogP contribution in [-0.2, 0) is 11.4 Å². The van der Waals surface area contributed by atoms with Crippen LogP contribution in [0.2, 0.25) is 5.02 Å². The zero-order chi connectivity index (χ0) is 15.9. The van der Waals surface area contributed by atoms with Gasteiger partial charge in [-0.2, -0.15) is 0 Å². The molecule has 1 aromatic rings. The lowest BCUT2D eigenvalue weighted by atomic mass is 10.1. The molecule has 0 bridgehead atoms. The topological polar surface area (TPSA) is 59.0 Å². The van der Waals surface area contributed by atoms with E-state index in [-0.39, 0.29) is 19.1 Å². The van der Waals surface area contributed by atoms with Gasteiger partial charge in [0.1, 0.15) is 0 Å². The molecule has 1 aliphatic rings. The molecule has 22 heavy (non-hydrogen) atoms. The van der Waals surface area contributed by atoms with Crippen LogP contribution in [0.4, 0.5) is 0 Å². The molecule has 1 N–H and O–H groups in total. The second-order valence-electron chi connectivity index (χ2n) is 5.23. The first kappa shape index (κ1) is 16.9. The van der Waals surface area contributed by atoms with E-state index in [1.54, 1.807) is 12.1 Å². The van der Waals surface area contributed by atoms with Gasteiger partial charge in [-0.1, -0.05) is 11.6 Å². The number of amides is 1. The minimum atomic E-state index is -0.132. The summed E-state index contributed by atoms with van der Waals surface area (Å²) in [5.74, 6) is 0.765. The second-order valence-corrected chi connectivity index (χ2v) is 5.63. The van der Waals surface area contributed by atoms with Crippen molar-refractivity contribution < 1.29 is 19.4 Å². The Labute approximate surface area is 135 Å². The lowest BCUT2D eigenvalue weighted by molar-refractivity contribution is -0.134. The van der Waals surface area contributed by atoms with Gasteiger partial charge in [0.25, 0.3) is 5.91 Å². The summed E-state index contributed by atoms with van der Waals surface area (Å²) >= 11 is 6.18. The average Bonchev–Trinajstić information content (AvgIpc) is 2.54. The van der Waals surface area contributed by atoms with Gasteiger partial charge in [-0.15, -0.1) is 0 Å². The zero-order valence-corrected chi connectivity index (χ0v) is 13.6. The first-order chi connectivity index (χ1) is 10.7. The number of aliphatic hydroxyl groups is 1. The Balaban J connectivity index is 2.06. The number of rotatable bonds is 6. The summed E-state index contributed by atoms with van der Waals surface area (Å²) in [5, 5.41) is 9.55. The lowest BCUT2D eigenvalue weighted by Crippen LogP contribution is -2.38. The normalized spacial score (nSPS) is 14.8. The molecule has 6 heteroatoms. The average molecular weight is 328 g/mol. The van der Waals surface area contributed by atoms with Crippen LogP contribution in [0.25, 0.3) is 0 Å². The molecule has 1 amide bonds. The molecular weight excluding hydrogens is 306 g/mol. The molecule has 0 spiro atoms. The van der Waals surface area contributed by atoms with Gasteiger partial charge >= 0.3 is 0 Å². The van der Waals surface area contributed by atoms with E-state index in [0.717, 1.165) is 25.9 Å². The molecule has 1 aromatic carbocycles. The Morgan fingerprint density at radius 1 is 1.27 bits per heavy atom. The third-order valence-corrected chi connectivity index (χ3v) is 3.88. The smallest absolute Gasteiger partial charge is 0.260 e. The summed E-state index contributed by atoms with van der Waals surface area (Å²) in [6.07, 6.45) is 3.26. The van der Waals surface area contributed by atoms with E-state index < -0.39 is 0 Å². The van der Waals surface area contributed by atoms with Crippen LogP contribution in [0.3, 0.4) is 0 Å². The number of hydrogen-bond donors (Lipinski definition) is 1. The molecule has 0 atom stereocenters. The van der Waals surface area contributed by atoms with Crippen LogP contribution in [0.1, 0.15) is 31.7 Å². The van der Waals surface area contributed by atoms with Gasteiger partial charge in [0, 0.05) is 13.1 Å². The maximum Gasteiger partial charge on any atom is 0.260 e. The molecule has 1 heterocycles. The van der Waals surface area contributed by atoms with Crippen LogP contribution in [0.15, 0.2) is 12.1 Å². The number of piperidine rings is 1. The van der Waals surface area contributed by atoms with E-state index in [1.807, 2.05) is 11.8 Å². The van der Waals surface area contributed by atoms with E-state index in [0.29, 0.717) is 28.7 Å². The number of nitrogens with zero attached hydrogens (tertiary/aromatic N) is 1. The summed E-state index contributed by atoms with van der Waals surface area (Å²) in [5.41, 5.74) is 0.642. The lowest BCUT2D eigenvalue weighted by Gasteiger charge is -2.26. The molecule has 2 rings (SSSR count). The predicted molar refractivity (Wildman–Crippen MR) is 84.5 cm³/mol. The highest BCUT2D eigenvalue weighted by Crippen LogP contribution is 2.36. The number of ether oxygens (including phenoxy) is 2. The Bertz CT molecular complexity index is 515. The molecule has 0 saturated carbocycles. The number of benzene rings is 1.